The van der Waals surface area contributed by atoms with Gasteiger partial charge in [-0.25, -0.2) is 10.4 Å². The van der Waals surface area contributed by atoms with Gasteiger partial charge in [0.25, 0.3) is 0 Å². The molecule has 2 rings (SSSR count). The van der Waals surface area contributed by atoms with Crippen molar-refractivity contribution in [3.05, 3.63) is 0 Å². The molecule has 0 spiro atoms. The van der Waals surface area contributed by atoms with Crippen LogP contribution in [-0.4, -0.2) is 41.5 Å². The molecular formula is C15H28F3N3. The van der Waals surface area contributed by atoms with Crippen molar-refractivity contribution >= 4 is 0 Å². The minimum atomic E-state index is -4.16. The van der Waals surface area contributed by atoms with Gasteiger partial charge in [-0.05, 0) is 19.8 Å². The minimum absolute atomic E-state index is 0.0182. The maximum absolute atomic E-state index is 13.3. The maximum Gasteiger partial charge on any atom is 0.406 e. The molecule has 1 atom stereocenters. The van der Waals surface area contributed by atoms with Crippen LogP contribution in [0.3, 0.4) is 0 Å². The summed E-state index contributed by atoms with van der Waals surface area (Å²) in [4.78, 5) is 0. The fourth-order valence-electron chi connectivity index (χ4n) is 3.58. The molecule has 2 fully saturated rings. The van der Waals surface area contributed by atoms with Crippen molar-refractivity contribution in [2.75, 3.05) is 13.1 Å². The molecule has 1 saturated heterocycles. The van der Waals surface area contributed by atoms with Crippen LogP contribution in [0.25, 0.3) is 0 Å². The molecule has 1 heterocycles. The zero-order valence-corrected chi connectivity index (χ0v) is 13.0. The Hall–Kier alpha value is -0.330. The highest BCUT2D eigenvalue weighted by Gasteiger charge is 2.50. The quantitative estimate of drug-likeness (QED) is 0.835. The van der Waals surface area contributed by atoms with Crippen LogP contribution in [0.2, 0.25) is 0 Å². The molecule has 124 valence electrons. The van der Waals surface area contributed by atoms with Gasteiger partial charge < -0.3 is 0 Å². The zero-order valence-electron chi connectivity index (χ0n) is 13.0. The summed E-state index contributed by atoms with van der Waals surface area (Å²) in [6, 6.07) is -1.35. The van der Waals surface area contributed by atoms with Gasteiger partial charge in [-0.2, -0.15) is 18.3 Å². The van der Waals surface area contributed by atoms with Crippen molar-refractivity contribution < 1.29 is 13.2 Å². The van der Waals surface area contributed by atoms with Gasteiger partial charge in [0.15, 0.2) is 0 Å². The lowest BCUT2D eigenvalue weighted by atomic mass is 9.96. The average Bonchev–Trinajstić information content (AvgIpc) is 2.88. The Balaban J connectivity index is 2.08. The summed E-state index contributed by atoms with van der Waals surface area (Å²) in [6.07, 6.45) is 5.73. The minimum Gasteiger partial charge on any atom is -0.239 e. The fraction of sp³-hybridized carbons (Fsp3) is 1.00. The van der Waals surface area contributed by atoms with E-state index < -0.39 is 12.2 Å². The van der Waals surface area contributed by atoms with Crippen LogP contribution in [0.4, 0.5) is 13.2 Å². The fourth-order valence-corrected chi connectivity index (χ4v) is 3.58. The second kappa shape index (κ2) is 7.79. The van der Waals surface area contributed by atoms with Crippen LogP contribution in [0.15, 0.2) is 0 Å². The Morgan fingerprint density at radius 3 is 1.95 bits per heavy atom. The molecule has 0 aromatic carbocycles. The molecule has 0 aromatic heterocycles. The highest BCUT2D eigenvalue weighted by molar-refractivity contribution is 4.88. The molecule has 2 aliphatic rings. The van der Waals surface area contributed by atoms with Crippen LogP contribution in [0.1, 0.15) is 64.7 Å². The number of rotatable bonds is 2. The molecule has 0 radical (unpaired) electrons. The van der Waals surface area contributed by atoms with E-state index in [4.69, 9.17) is 0 Å². The molecular weight excluding hydrogens is 279 g/mol. The third-order valence-electron chi connectivity index (χ3n) is 4.69. The third kappa shape index (κ3) is 4.57. The van der Waals surface area contributed by atoms with Crippen LogP contribution in [0, 0.1) is 0 Å². The first-order chi connectivity index (χ1) is 10.0. The van der Waals surface area contributed by atoms with Crippen molar-refractivity contribution in [1.29, 1.82) is 0 Å². The summed E-state index contributed by atoms with van der Waals surface area (Å²) < 4.78 is 39.9. The second-order valence-electron chi connectivity index (χ2n) is 6.22. The zero-order chi connectivity index (χ0) is 15.3. The highest BCUT2D eigenvalue weighted by atomic mass is 19.4. The molecule has 1 saturated carbocycles. The number of alkyl halides is 3. The first kappa shape index (κ1) is 17.0. The summed E-state index contributed by atoms with van der Waals surface area (Å²) in [5.41, 5.74) is 2.91. The van der Waals surface area contributed by atoms with Crippen LogP contribution >= 0.6 is 0 Å². The molecule has 0 amide bonds. The number of nitrogens with zero attached hydrogens (tertiary/aromatic N) is 2. The van der Waals surface area contributed by atoms with E-state index >= 15 is 0 Å². The Kier molecular flexibility index (Phi) is 6.32. The maximum atomic E-state index is 13.3. The van der Waals surface area contributed by atoms with Crippen molar-refractivity contribution in [2.24, 2.45) is 0 Å². The van der Waals surface area contributed by atoms with E-state index in [0.717, 1.165) is 38.5 Å². The first-order valence-electron chi connectivity index (χ1n) is 8.40. The lowest BCUT2D eigenvalue weighted by Crippen LogP contribution is -2.54. The molecule has 1 unspecified atom stereocenters. The van der Waals surface area contributed by atoms with Gasteiger partial charge in [0, 0.05) is 19.1 Å². The van der Waals surface area contributed by atoms with Gasteiger partial charge in [0.1, 0.15) is 6.04 Å². The largest absolute Gasteiger partial charge is 0.406 e. The van der Waals surface area contributed by atoms with E-state index in [1.54, 1.807) is 10.1 Å². The van der Waals surface area contributed by atoms with E-state index in [1.165, 1.54) is 19.3 Å². The van der Waals surface area contributed by atoms with E-state index in [1.807, 2.05) is 6.92 Å². The van der Waals surface area contributed by atoms with Gasteiger partial charge in [0.05, 0.1) is 0 Å². The number of halogens is 3. The number of hydrazine groups is 2. The Labute approximate surface area is 125 Å². The predicted molar refractivity (Wildman–Crippen MR) is 77.4 cm³/mol. The van der Waals surface area contributed by atoms with Gasteiger partial charge in [-0.3, -0.25) is 0 Å². The summed E-state index contributed by atoms with van der Waals surface area (Å²) in [6.45, 7) is 2.45. The van der Waals surface area contributed by atoms with Crippen molar-refractivity contribution in [3.8, 4) is 0 Å². The van der Waals surface area contributed by atoms with E-state index in [9.17, 15) is 13.2 Å². The van der Waals surface area contributed by atoms with Crippen LogP contribution < -0.4 is 5.43 Å². The summed E-state index contributed by atoms with van der Waals surface area (Å²) in [7, 11) is 0. The first-order valence-corrected chi connectivity index (χ1v) is 8.40. The van der Waals surface area contributed by atoms with Crippen molar-refractivity contribution in [1.82, 2.24) is 15.6 Å². The molecule has 1 aliphatic heterocycles. The molecule has 21 heavy (non-hydrogen) atoms. The van der Waals surface area contributed by atoms with E-state index in [-0.39, 0.29) is 12.6 Å². The van der Waals surface area contributed by atoms with Crippen molar-refractivity contribution in [2.45, 2.75) is 83.0 Å². The second-order valence-corrected chi connectivity index (χ2v) is 6.22. The lowest BCUT2D eigenvalue weighted by Gasteiger charge is -2.38. The van der Waals surface area contributed by atoms with Gasteiger partial charge in [-0.15, -0.1) is 0 Å². The topological polar surface area (TPSA) is 18.5 Å². The Morgan fingerprint density at radius 2 is 1.48 bits per heavy atom. The Morgan fingerprint density at radius 1 is 0.952 bits per heavy atom. The summed E-state index contributed by atoms with van der Waals surface area (Å²) in [5, 5.41) is 3.29. The number of nitrogens with one attached hydrogen (secondary N) is 1. The SMILES string of the molecule is CCN1NCC(C(F)(F)F)N1C1CCCCCCCCC1. The molecule has 6 heteroatoms. The molecule has 0 bridgehead atoms. The standard InChI is InChI=1S/C15H28F3N3/c1-2-20-19-12-14(15(16,17)18)21(20)13-10-8-6-4-3-5-7-9-11-13/h13-14,19H,2-12H2,1H3. The molecule has 1 N–H and O–H groups in total. The predicted octanol–water partition coefficient (Wildman–Crippen LogP) is 3.87. The van der Waals surface area contributed by atoms with Crippen LogP contribution in [0.5, 0.6) is 0 Å². The van der Waals surface area contributed by atoms with Crippen molar-refractivity contribution in [3.63, 3.8) is 0 Å². The number of hydrogen-bond donors (Lipinski definition) is 1. The molecule has 1 aliphatic carbocycles. The van der Waals surface area contributed by atoms with Crippen LogP contribution in [-0.2, 0) is 0 Å². The highest BCUT2D eigenvalue weighted by Crippen LogP contribution is 2.33. The summed E-state index contributed by atoms with van der Waals surface area (Å²) in [5.74, 6) is 0. The normalized spacial score (nSPS) is 28.9. The van der Waals surface area contributed by atoms with Gasteiger partial charge >= 0.3 is 6.18 Å². The number of hydrogen-bond acceptors (Lipinski definition) is 3. The summed E-state index contributed by atoms with van der Waals surface area (Å²) >= 11 is 0. The Bertz CT molecular complexity index is 299. The average molecular weight is 307 g/mol. The third-order valence-corrected chi connectivity index (χ3v) is 4.69. The monoisotopic (exact) mass is 307 g/mol. The lowest BCUT2D eigenvalue weighted by molar-refractivity contribution is -0.210. The van der Waals surface area contributed by atoms with Gasteiger partial charge in [-0.1, -0.05) is 44.9 Å². The molecule has 3 nitrogen and oxygen atoms in total. The van der Waals surface area contributed by atoms with E-state index in [0.29, 0.717) is 6.54 Å². The molecule has 0 aromatic rings. The smallest absolute Gasteiger partial charge is 0.239 e. The van der Waals surface area contributed by atoms with Gasteiger partial charge in [0.2, 0.25) is 0 Å². The van der Waals surface area contributed by atoms with E-state index in [2.05, 4.69) is 5.43 Å².